The van der Waals surface area contributed by atoms with Crippen LogP contribution >= 0.6 is 12.6 Å². The van der Waals surface area contributed by atoms with Crippen LogP contribution in [0.3, 0.4) is 0 Å². The molecule has 11 heavy (non-hydrogen) atoms. The number of benzene rings is 1. The highest BCUT2D eigenvalue weighted by Gasteiger charge is 1.87. The molecule has 1 nitrogen and oxygen atoms in total. The Morgan fingerprint density at radius 1 is 1.36 bits per heavy atom. The molecule has 0 saturated heterocycles. The Balaban J connectivity index is 0.000000461. The SMILES string of the molecule is C=Cc1ccccc1S.CN. The van der Waals surface area contributed by atoms with Crippen molar-refractivity contribution in [2.75, 3.05) is 7.05 Å². The fraction of sp³-hybridized carbons (Fsp3) is 0.111. The Labute approximate surface area is 73.3 Å². The van der Waals surface area contributed by atoms with E-state index < -0.39 is 0 Å². The van der Waals surface area contributed by atoms with E-state index in [2.05, 4.69) is 24.9 Å². The first-order valence-corrected chi connectivity index (χ1v) is 3.77. The van der Waals surface area contributed by atoms with Crippen molar-refractivity contribution < 1.29 is 0 Å². The normalized spacial score (nSPS) is 7.91. The molecule has 0 bridgehead atoms. The summed E-state index contributed by atoms with van der Waals surface area (Å²) in [6.45, 7) is 3.64. The van der Waals surface area contributed by atoms with Gasteiger partial charge in [0.15, 0.2) is 0 Å². The van der Waals surface area contributed by atoms with Crippen LogP contribution in [0.15, 0.2) is 35.7 Å². The third-order valence-electron chi connectivity index (χ3n) is 1.16. The molecule has 0 fully saturated rings. The lowest BCUT2D eigenvalue weighted by Crippen LogP contribution is -1.71. The van der Waals surface area contributed by atoms with E-state index >= 15 is 0 Å². The van der Waals surface area contributed by atoms with Gasteiger partial charge in [-0.15, -0.1) is 12.6 Å². The zero-order valence-electron chi connectivity index (χ0n) is 6.62. The van der Waals surface area contributed by atoms with Crippen molar-refractivity contribution in [3.63, 3.8) is 0 Å². The largest absolute Gasteiger partial charge is 0.333 e. The van der Waals surface area contributed by atoms with Crippen LogP contribution < -0.4 is 5.73 Å². The van der Waals surface area contributed by atoms with Crippen LogP contribution in [0.1, 0.15) is 5.56 Å². The molecule has 0 aliphatic carbocycles. The van der Waals surface area contributed by atoms with Crippen LogP contribution in [-0.4, -0.2) is 7.05 Å². The van der Waals surface area contributed by atoms with Crippen molar-refractivity contribution in [1.82, 2.24) is 0 Å². The molecular formula is C9H13NS. The van der Waals surface area contributed by atoms with E-state index in [9.17, 15) is 0 Å². The van der Waals surface area contributed by atoms with E-state index in [1.807, 2.05) is 24.3 Å². The minimum Gasteiger partial charge on any atom is -0.333 e. The van der Waals surface area contributed by atoms with Gasteiger partial charge in [0.2, 0.25) is 0 Å². The Kier molecular flexibility index (Phi) is 5.61. The van der Waals surface area contributed by atoms with Crippen molar-refractivity contribution in [3.8, 4) is 0 Å². The number of thiol groups is 1. The molecule has 0 radical (unpaired) electrons. The van der Waals surface area contributed by atoms with Crippen LogP contribution in [0.5, 0.6) is 0 Å². The lowest BCUT2D eigenvalue weighted by Gasteiger charge is -1.94. The molecule has 0 aromatic heterocycles. The summed E-state index contributed by atoms with van der Waals surface area (Å²) in [5.74, 6) is 0. The van der Waals surface area contributed by atoms with Gasteiger partial charge in [-0.2, -0.15) is 0 Å². The second-order valence-electron chi connectivity index (χ2n) is 1.76. The number of hydrogen-bond donors (Lipinski definition) is 2. The summed E-state index contributed by atoms with van der Waals surface area (Å²) in [6.07, 6.45) is 1.79. The molecule has 60 valence electrons. The van der Waals surface area contributed by atoms with Gasteiger partial charge >= 0.3 is 0 Å². The second-order valence-corrected chi connectivity index (χ2v) is 2.24. The molecular weight excluding hydrogens is 154 g/mol. The van der Waals surface area contributed by atoms with Crippen LogP contribution in [0.4, 0.5) is 0 Å². The standard InChI is InChI=1S/C8H8S.CH5N/c1-2-7-5-3-4-6-8(7)9;1-2/h2-6,9H,1H2;2H2,1H3. The Morgan fingerprint density at radius 2 is 1.91 bits per heavy atom. The molecule has 1 rings (SSSR count). The van der Waals surface area contributed by atoms with Crippen molar-refractivity contribution in [1.29, 1.82) is 0 Å². The third kappa shape index (κ3) is 3.25. The summed E-state index contributed by atoms with van der Waals surface area (Å²) in [7, 11) is 1.50. The van der Waals surface area contributed by atoms with Gasteiger partial charge in [0.05, 0.1) is 0 Å². The lowest BCUT2D eigenvalue weighted by atomic mass is 10.2. The topological polar surface area (TPSA) is 26.0 Å². The predicted molar refractivity (Wildman–Crippen MR) is 53.9 cm³/mol. The zero-order chi connectivity index (χ0) is 8.69. The first-order valence-electron chi connectivity index (χ1n) is 3.33. The fourth-order valence-electron chi connectivity index (χ4n) is 0.660. The van der Waals surface area contributed by atoms with E-state index in [4.69, 9.17) is 0 Å². The van der Waals surface area contributed by atoms with Gasteiger partial charge in [-0.1, -0.05) is 30.9 Å². The molecule has 1 aromatic carbocycles. The van der Waals surface area contributed by atoms with Gasteiger partial charge in [0.1, 0.15) is 0 Å². The average Bonchev–Trinajstić information content (AvgIpc) is 2.09. The maximum absolute atomic E-state index is 4.50. The van der Waals surface area contributed by atoms with Gasteiger partial charge < -0.3 is 5.73 Å². The number of nitrogens with two attached hydrogens (primary N) is 1. The minimum atomic E-state index is 0.979. The summed E-state index contributed by atoms with van der Waals surface area (Å²) in [4.78, 5) is 0.979. The monoisotopic (exact) mass is 167 g/mol. The molecule has 2 heteroatoms. The van der Waals surface area contributed by atoms with E-state index in [0.717, 1.165) is 10.5 Å². The molecule has 0 aliphatic heterocycles. The molecule has 0 spiro atoms. The van der Waals surface area contributed by atoms with E-state index in [1.165, 1.54) is 7.05 Å². The first kappa shape index (κ1) is 10.3. The molecule has 0 heterocycles. The maximum Gasteiger partial charge on any atom is 0.0112 e. The van der Waals surface area contributed by atoms with Gasteiger partial charge in [-0.3, -0.25) is 0 Å². The average molecular weight is 167 g/mol. The maximum atomic E-state index is 4.50. The molecule has 2 N–H and O–H groups in total. The summed E-state index contributed by atoms with van der Waals surface area (Å²) in [6, 6.07) is 7.85. The summed E-state index contributed by atoms with van der Waals surface area (Å²) >= 11 is 4.21. The number of hydrogen-bond acceptors (Lipinski definition) is 2. The summed E-state index contributed by atoms with van der Waals surface area (Å²) < 4.78 is 0. The smallest absolute Gasteiger partial charge is 0.0112 e. The van der Waals surface area contributed by atoms with E-state index in [-0.39, 0.29) is 0 Å². The minimum absolute atomic E-state index is 0.979. The van der Waals surface area contributed by atoms with Crippen LogP contribution in [0.2, 0.25) is 0 Å². The van der Waals surface area contributed by atoms with Gasteiger partial charge in [0, 0.05) is 4.90 Å². The number of rotatable bonds is 1. The highest BCUT2D eigenvalue weighted by atomic mass is 32.1. The highest BCUT2D eigenvalue weighted by molar-refractivity contribution is 7.80. The molecule has 0 saturated carbocycles. The van der Waals surface area contributed by atoms with Gasteiger partial charge in [-0.25, -0.2) is 0 Å². The summed E-state index contributed by atoms with van der Waals surface area (Å²) in [5.41, 5.74) is 5.58. The Morgan fingerprint density at radius 3 is 2.27 bits per heavy atom. The van der Waals surface area contributed by atoms with Gasteiger partial charge in [-0.05, 0) is 18.7 Å². The Bertz CT molecular complexity index is 221. The molecule has 0 amide bonds. The van der Waals surface area contributed by atoms with Crippen LogP contribution in [0.25, 0.3) is 6.08 Å². The fourth-order valence-corrected chi connectivity index (χ4v) is 0.912. The predicted octanol–water partition coefficient (Wildman–Crippen LogP) is 2.19. The van der Waals surface area contributed by atoms with Crippen molar-refractivity contribution in [2.24, 2.45) is 5.73 Å². The van der Waals surface area contributed by atoms with E-state index in [0.29, 0.717) is 0 Å². The highest BCUT2D eigenvalue weighted by Crippen LogP contribution is 2.12. The van der Waals surface area contributed by atoms with Crippen molar-refractivity contribution in [2.45, 2.75) is 4.90 Å². The molecule has 1 aromatic rings. The van der Waals surface area contributed by atoms with Crippen molar-refractivity contribution >= 4 is 18.7 Å². The van der Waals surface area contributed by atoms with E-state index in [1.54, 1.807) is 6.08 Å². The zero-order valence-corrected chi connectivity index (χ0v) is 7.51. The third-order valence-corrected chi connectivity index (χ3v) is 1.56. The molecule has 0 unspecified atom stereocenters. The quantitative estimate of drug-likeness (QED) is 0.616. The Hall–Kier alpha value is -0.730. The summed E-state index contributed by atoms with van der Waals surface area (Å²) in [5, 5.41) is 0. The van der Waals surface area contributed by atoms with Crippen LogP contribution in [0, 0.1) is 0 Å². The van der Waals surface area contributed by atoms with Crippen molar-refractivity contribution in [3.05, 3.63) is 36.4 Å². The molecule has 0 aliphatic rings. The molecule has 0 atom stereocenters. The second kappa shape index (κ2) is 6.01. The lowest BCUT2D eigenvalue weighted by molar-refractivity contribution is 1.44. The van der Waals surface area contributed by atoms with Gasteiger partial charge in [0.25, 0.3) is 0 Å². The first-order chi connectivity index (χ1) is 5.34. The van der Waals surface area contributed by atoms with Crippen LogP contribution in [-0.2, 0) is 0 Å².